The van der Waals surface area contributed by atoms with Gasteiger partial charge in [-0.25, -0.2) is 0 Å². The van der Waals surface area contributed by atoms with E-state index in [0.717, 1.165) is 13.1 Å². The quantitative estimate of drug-likeness (QED) is 0.469. The van der Waals surface area contributed by atoms with Crippen LogP contribution in [0.5, 0.6) is 0 Å². The molecule has 1 aromatic rings. The summed E-state index contributed by atoms with van der Waals surface area (Å²) in [6.07, 6.45) is 0. The summed E-state index contributed by atoms with van der Waals surface area (Å²) in [6, 6.07) is 3.90. The third kappa shape index (κ3) is 0.935. The highest BCUT2D eigenvalue weighted by molar-refractivity contribution is 5.66. The summed E-state index contributed by atoms with van der Waals surface area (Å²) in [4.78, 5) is 0. The third-order valence-corrected chi connectivity index (χ3v) is 2.04. The van der Waals surface area contributed by atoms with Gasteiger partial charge in [0.2, 0.25) is 0 Å². The fourth-order valence-corrected chi connectivity index (χ4v) is 1.39. The van der Waals surface area contributed by atoms with Crippen LogP contribution >= 0.6 is 0 Å². The molecule has 3 heteroatoms. The Morgan fingerprint density at radius 3 is 1.91 bits per heavy atom. The number of benzene rings is 1. The highest BCUT2D eigenvalue weighted by atomic mass is 14.9. The molecule has 0 radical (unpaired) electrons. The lowest BCUT2D eigenvalue weighted by Gasteiger charge is -2.02. The van der Waals surface area contributed by atoms with E-state index in [1.54, 1.807) is 0 Å². The predicted molar refractivity (Wildman–Crippen MR) is 45.8 cm³/mol. The van der Waals surface area contributed by atoms with Crippen LogP contribution in [-0.2, 0) is 13.1 Å². The molecule has 0 bridgehead atoms. The molecule has 58 valence electrons. The molecule has 1 heterocycles. The maximum absolute atomic E-state index is 5.64. The van der Waals surface area contributed by atoms with Gasteiger partial charge in [-0.05, 0) is 23.3 Å². The molecule has 0 aromatic heterocycles. The van der Waals surface area contributed by atoms with Crippen LogP contribution in [0.15, 0.2) is 12.1 Å². The van der Waals surface area contributed by atoms with E-state index < -0.39 is 0 Å². The molecular formula is C8H11N3. The van der Waals surface area contributed by atoms with Gasteiger partial charge in [0.05, 0.1) is 11.4 Å². The topological polar surface area (TPSA) is 64.1 Å². The van der Waals surface area contributed by atoms with Crippen molar-refractivity contribution >= 4 is 11.4 Å². The van der Waals surface area contributed by atoms with Gasteiger partial charge >= 0.3 is 0 Å². The Bertz CT molecular complexity index is 265. The van der Waals surface area contributed by atoms with E-state index in [0.29, 0.717) is 11.4 Å². The smallest absolute Gasteiger partial charge is 0.0551 e. The monoisotopic (exact) mass is 149 g/mol. The van der Waals surface area contributed by atoms with Crippen LogP contribution in [0.3, 0.4) is 0 Å². The Balaban J connectivity index is 2.57. The number of hydrogen-bond acceptors (Lipinski definition) is 3. The number of nitrogens with one attached hydrogen (secondary N) is 1. The second-order valence-electron chi connectivity index (χ2n) is 2.85. The lowest BCUT2D eigenvalue weighted by atomic mass is 10.1. The van der Waals surface area contributed by atoms with Gasteiger partial charge in [0.1, 0.15) is 0 Å². The lowest BCUT2D eigenvalue weighted by molar-refractivity contribution is 0.765. The zero-order valence-electron chi connectivity index (χ0n) is 6.22. The molecule has 0 amide bonds. The fourth-order valence-electron chi connectivity index (χ4n) is 1.39. The number of hydrogen-bond donors (Lipinski definition) is 3. The van der Waals surface area contributed by atoms with E-state index >= 15 is 0 Å². The van der Waals surface area contributed by atoms with Crippen molar-refractivity contribution in [2.45, 2.75) is 13.1 Å². The van der Waals surface area contributed by atoms with Crippen LogP contribution in [-0.4, -0.2) is 0 Å². The molecule has 0 fully saturated rings. The molecule has 1 aliphatic rings. The minimum Gasteiger partial charge on any atom is -0.397 e. The van der Waals surface area contributed by atoms with E-state index in [1.165, 1.54) is 11.1 Å². The largest absolute Gasteiger partial charge is 0.397 e. The van der Waals surface area contributed by atoms with Crippen LogP contribution in [0.1, 0.15) is 11.1 Å². The maximum atomic E-state index is 5.64. The predicted octanol–water partition coefficient (Wildman–Crippen LogP) is 0.454. The van der Waals surface area contributed by atoms with Crippen molar-refractivity contribution in [1.29, 1.82) is 0 Å². The molecule has 0 spiro atoms. The molecule has 0 unspecified atom stereocenters. The average Bonchev–Trinajstić information content (AvgIpc) is 2.36. The molecule has 1 aromatic carbocycles. The summed E-state index contributed by atoms with van der Waals surface area (Å²) in [5, 5.41) is 3.23. The first-order valence-electron chi connectivity index (χ1n) is 3.65. The zero-order chi connectivity index (χ0) is 7.84. The van der Waals surface area contributed by atoms with E-state index in [2.05, 4.69) is 5.32 Å². The first-order chi connectivity index (χ1) is 5.27. The van der Waals surface area contributed by atoms with Crippen LogP contribution in [0.4, 0.5) is 11.4 Å². The highest BCUT2D eigenvalue weighted by Crippen LogP contribution is 2.23. The van der Waals surface area contributed by atoms with Crippen molar-refractivity contribution in [1.82, 2.24) is 5.32 Å². The number of anilines is 2. The second kappa shape index (κ2) is 2.13. The summed E-state index contributed by atoms with van der Waals surface area (Å²) in [6.45, 7) is 1.83. The number of fused-ring (bicyclic) bond motifs is 1. The zero-order valence-corrected chi connectivity index (χ0v) is 6.22. The summed E-state index contributed by atoms with van der Waals surface area (Å²) in [5.74, 6) is 0. The normalized spacial score (nSPS) is 14.9. The van der Waals surface area contributed by atoms with Crippen molar-refractivity contribution in [2.24, 2.45) is 0 Å². The van der Waals surface area contributed by atoms with E-state index in [4.69, 9.17) is 11.5 Å². The van der Waals surface area contributed by atoms with Crippen molar-refractivity contribution in [3.8, 4) is 0 Å². The van der Waals surface area contributed by atoms with Gasteiger partial charge in [0, 0.05) is 13.1 Å². The van der Waals surface area contributed by atoms with Gasteiger partial charge in [-0.1, -0.05) is 0 Å². The number of nitrogens with two attached hydrogens (primary N) is 2. The highest BCUT2D eigenvalue weighted by Gasteiger charge is 2.10. The van der Waals surface area contributed by atoms with Gasteiger partial charge in [-0.3, -0.25) is 0 Å². The van der Waals surface area contributed by atoms with Crippen LogP contribution < -0.4 is 16.8 Å². The number of nitrogen functional groups attached to an aromatic ring is 2. The summed E-state index contributed by atoms with van der Waals surface area (Å²) < 4.78 is 0. The molecular weight excluding hydrogens is 138 g/mol. The van der Waals surface area contributed by atoms with Gasteiger partial charge in [-0.2, -0.15) is 0 Å². The first-order valence-corrected chi connectivity index (χ1v) is 3.65. The fraction of sp³-hybridized carbons (Fsp3) is 0.250. The maximum Gasteiger partial charge on any atom is 0.0551 e. The Morgan fingerprint density at radius 1 is 1.00 bits per heavy atom. The molecule has 1 aliphatic heterocycles. The molecule has 5 N–H and O–H groups in total. The minimum absolute atomic E-state index is 0.687. The van der Waals surface area contributed by atoms with Gasteiger partial charge in [-0.15, -0.1) is 0 Å². The molecule has 0 saturated heterocycles. The Morgan fingerprint density at radius 2 is 1.45 bits per heavy atom. The second-order valence-corrected chi connectivity index (χ2v) is 2.85. The molecule has 0 aliphatic carbocycles. The SMILES string of the molecule is Nc1cc2c(cc1N)CNC2. The molecule has 3 nitrogen and oxygen atoms in total. The minimum atomic E-state index is 0.687. The summed E-state index contributed by atoms with van der Waals surface area (Å²) >= 11 is 0. The molecule has 0 atom stereocenters. The van der Waals surface area contributed by atoms with E-state index in [1.807, 2.05) is 12.1 Å². The van der Waals surface area contributed by atoms with Gasteiger partial charge in [0.25, 0.3) is 0 Å². The third-order valence-electron chi connectivity index (χ3n) is 2.04. The van der Waals surface area contributed by atoms with Gasteiger partial charge in [0.15, 0.2) is 0 Å². The molecule has 0 saturated carbocycles. The van der Waals surface area contributed by atoms with Crippen LogP contribution in [0, 0.1) is 0 Å². The number of rotatable bonds is 0. The van der Waals surface area contributed by atoms with Crippen molar-refractivity contribution in [3.05, 3.63) is 23.3 Å². The Kier molecular flexibility index (Phi) is 1.26. The standard InChI is InChI=1S/C8H11N3/c9-7-1-5-3-11-4-6(5)2-8(7)10/h1-2,11H,3-4,9-10H2. The molecule has 11 heavy (non-hydrogen) atoms. The van der Waals surface area contributed by atoms with E-state index in [9.17, 15) is 0 Å². The summed E-state index contributed by atoms with van der Waals surface area (Å²) in [5.41, 5.74) is 15.2. The van der Waals surface area contributed by atoms with Gasteiger partial charge < -0.3 is 16.8 Å². The van der Waals surface area contributed by atoms with Crippen molar-refractivity contribution in [2.75, 3.05) is 11.5 Å². The average molecular weight is 149 g/mol. The van der Waals surface area contributed by atoms with Crippen molar-refractivity contribution < 1.29 is 0 Å². The Labute approximate surface area is 65.4 Å². The lowest BCUT2D eigenvalue weighted by Crippen LogP contribution is -1.99. The Hall–Kier alpha value is -1.22. The summed E-state index contributed by atoms with van der Waals surface area (Å²) in [7, 11) is 0. The van der Waals surface area contributed by atoms with Crippen LogP contribution in [0.2, 0.25) is 0 Å². The first kappa shape index (κ1) is 6.49. The molecule has 2 rings (SSSR count). The van der Waals surface area contributed by atoms with E-state index in [-0.39, 0.29) is 0 Å². The van der Waals surface area contributed by atoms with Crippen molar-refractivity contribution in [3.63, 3.8) is 0 Å². The van der Waals surface area contributed by atoms with Crippen LogP contribution in [0.25, 0.3) is 0 Å².